The molecule has 2 N–H and O–H groups in total. The number of aliphatic hydroxyl groups excluding tert-OH is 2. The van der Waals surface area contributed by atoms with Crippen LogP contribution < -0.4 is 0 Å². The van der Waals surface area contributed by atoms with Gasteiger partial charge in [0.05, 0.1) is 6.10 Å². The topological polar surface area (TPSA) is 57.5 Å². The molecule has 0 heterocycles. The molecule has 0 saturated carbocycles. The maximum absolute atomic E-state index is 9.88. The molecule has 0 saturated heterocycles. The highest BCUT2D eigenvalue weighted by Gasteiger charge is 2.01. The van der Waals surface area contributed by atoms with Gasteiger partial charge in [0, 0.05) is 13.0 Å². The second-order valence-electron chi connectivity index (χ2n) is 2.62. The number of hydrogen-bond acceptors (Lipinski definition) is 3. The number of carbonyl (C=O) groups is 1. The summed E-state index contributed by atoms with van der Waals surface area (Å²) in [6.45, 7) is 0.130. The van der Waals surface area contributed by atoms with Crippen LogP contribution in [0.1, 0.15) is 32.1 Å². The van der Waals surface area contributed by atoms with E-state index in [1.165, 1.54) is 0 Å². The number of rotatable bonds is 7. The molecular formula is C8H16O3. The standard InChI is InChI=1S/C8H16O3/c9-6-2-1-4-8(11)5-3-7-10/h6,8,10-11H,1-5,7H2. The van der Waals surface area contributed by atoms with Crippen molar-refractivity contribution in [3.63, 3.8) is 0 Å². The van der Waals surface area contributed by atoms with Gasteiger partial charge >= 0.3 is 0 Å². The minimum Gasteiger partial charge on any atom is -0.396 e. The number of aldehydes is 1. The van der Waals surface area contributed by atoms with E-state index >= 15 is 0 Å². The largest absolute Gasteiger partial charge is 0.396 e. The van der Waals surface area contributed by atoms with E-state index in [2.05, 4.69) is 0 Å². The van der Waals surface area contributed by atoms with Gasteiger partial charge in [-0.05, 0) is 25.7 Å². The van der Waals surface area contributed by atoms with Crippen LogP contribution in [-0.2, 0) is 4.79 Å². The highest BCUT2D eigenvalue weighted by molar-refractivity contribution is 5.48. The fourth-order valence-corrected chi connectivity index (χ4v) is 0.908. The van der Waals surface area contributed by atoms with Crippen molar-refractivity contribution >= 4 is 6.29 Å². The van der Waals surface area contributed by atoms with Crippen molar-refractivity contribution in [2.24, 2.45) is 0 Å². The molecule has 0 spiro atoms. The van der Waals surface area contributed by atoms with Gasteiger partial charge in [0.25, 0.3) is 0 Å². The zero-order chi connectivity index (χ0) is 8.53. The van der Waals surface area contributed by atoms with Crippen molar-refractivity contribution in [3.05, 3.63) is 0 Å². The molecule has 0 aromatic rings. The summed E-state index contributed by atoms with van der Waals surface area (Å²) >= 11 is 0. The average molecular weight is 160 g/mol. The lowest BCUT2D eigenvalue weighted by Gasteiger charge is -2.07. The highest BCUT2D eigenvalue weighted by Crippen LogP contribution is 2.05. The van der Waals surface area contributed by atoms with Gasteiger partial charge in [0.1, 0.15) is 6.29 Å². The van der Waals surface area contributed by atoms with E-state index in [9.17, 15) is 9.90 Å². The molecule has 0 amide bonds. The summed E-state index contributed by atoms with van der Waals surface area (Å²) < 4.78 is 0. The van der Waals surface area contributed by atoms with Crippen LogP contribution in [0.15, 0.2) is 0 Å². The third-order valence-corrected chi connectivity index (χ3v) is 1.55. The maximum Gasteiger partial charge on any atom is 0.119 e. The second kappa shape index (κ2) is 7.69. The van der Waals surface area contributed by atoms with Gasteiger partial charge in [0.15, 0.2) is 0 Å². The maximum atomic E-state index is 9.88. The van der Waals surface area contributed by atoms with Crippen molar-refractivity contribution in [2.75, 3.05) is 6.61 Å². The first-order valence-electron chi connectivity index (χ1n) is 4.03. The summed E-state index contributed by atoms with van der Waals surface area (Å²) in [6, 6.07) is 0. The minimum atomic E-state index is -0.345. The first-order chi connectivity index (χ1) is 5.31. The highest BCUT2D eigenvalue weighted by atomic mass is 16.3. The smallest absolute Gasteiger partial charge is 0.119 e. The molecule has 1 unspecified atom stereocenters. The van der Waals surface area contributed by atoms with Gasteiger partial charge in [-0.3, -0.25) is 0 Å². The van der Waals surface area contributed by atoms with Crippen molar-refractivity contribution < 1.29 is 15.0 Å². The van der Waals surface area contributed by atoms with Gasteiger partial charge in [-0.2, -0.15) is 0 Å². The van der Waals surface area contributed by atoms with Gasteiger partial charge < -0.3 is 15.0 Å². The molecule has 0 aliphatic heterocycles. The van der Waals surface area contributed by atoms with Crippen molar-refractivity contribution in [2.45, 2.75) is 38.2 Å². The zero-order valence-corrected chi connectivity index (χ0v) is 6.70. The fraction of sp³-hybridized carbons (Fsp3) is 0.875. The van der Waals surface area contributed by atoms with E-state index in [0.29, 0.717) is 25.7 Å². The third-order valence-electron chi connectivity index (χ3n) is 1.55. The Morgan fingerprint density at radius 1 is 1.27 bits per heavy atom. The quantitative estimate of drug-likeness (QED) is 0.421. The molecule has 0 aliphatic rings. The Kier molecular flexibility index (Phi) is 7.41. The Balaban J connectivity index is 3.08. The summed E-state index contributed by atoms with van der Waals surface area (Å²) in [5, 5.41) is 17.6. The Bertz CT molecular complexity index is 93.3. The van der Waals surface area contributed by atoms with Crippen molar-refractivity contribution in [1.82, 2.24) is 0 Å². The molecule has 11 heavy (non-hydrogen) atoms. The first-order valence-corrected chi connectivity index (χ1v) is 4.03. The Morgan fingerprint density at radius 3 is 2.45 bits per heavy atom. The van der Waals surface area contributed by atoms with E-state index in [-0.39, 0.29) is 12.7 Å². The lowest BCUT2D eigenvalue weighted by atomic mass is 10.1. The lowest BCUT2D eigenvalue weighted by Crippen LogP contribution is -2.06. The van der Waals surface area contributed by atoms with Gasteiger partial charge in [0.2, 0.25) is 0 Å². The van der Waals surface area contributed by atoms with Crippen molar-refractivity contribution in [3.8, 4) is 0 Å². The Labute approximate surface area is 67.0 Å². The van der Waals surface area contributed by atoms with E-state index in [1.807, 2.05) is 0 Å². The molecule has 0 aromatic carbocycles. The zero-order valence-electron chi connectivity index (χ0n) is 6.70. The molecule has 0 bridgehead atoms. The summed E-state index contributed by atoms with van der Waals surface area (Å²) in [5.41, 5.74) is 0. The molecule has 3 nitrogen and oxygen atoms in total. The van der Waals surface area contributed by atoms with Crippen LogP contribution in [0.3, 0.4) is 0 Å². The molecule has 0 rings (SSSR count). The molecule has 1 atom stereocenters. The van der Waals surface area contributed by atoms with Crippen LogP contribution in [0.2, 0.25) is 0 Å². The number of aliphatic hydroxyl groups is 2. The summed E-state index contributed by atoms with van der Waals surface area (Å²) in [7, 11) is 0. The fourth-order valence-electron chi connectivity index (χ4n) is 0.908. The SMILES string of the molecule is O=CCCCC(O)CCCO. The number of hydrogen-bond donors (Lipinski definition) is 2. The Morgan fingerprint density at radius 2 is 1.91 bits per heavy atom. The van der Waals surface area contributed by atoms with Crippen LogP contribution in [0.5, 0.6) is 0 Å². The third kappa shape index (κ3) is 7.49. The van der Waals surface area contributed by atoms with E-state index in [4.69, 9.17) is 5.11 Å². The Hall–Kier alpha value is -0.410. The molecular weight excluding hydrogens is 144 g/mol. The van der Waals surface area contributed by atoms with E-state index in [0.717, 1.165) is 12.7 Å². The summed E-state index contributed by atoms with van der Waals surface area (Å²) in [5.74, 6) is 0. The molecule has 66 valence electrons. The van der Waals surface area contributed by atoms with Crippen LogP contribution >= 0.6 is 0 Å². The van der Waals surface area contributed by atoms with Crippen LogP contribution in [-0.4, -0.2) is 29.2 Å². The van der Waals surface area contributed by atoms with E-state index in [1.54, 1.807) is 0 Å². The predicted octanol–water partition coefficient (Wildman–Crippen LogP) is 0.489. The number of carbonyl (C=O) groups excluding carboxylic acids is 1. The van der Waals surface area contributed by atoms with Crippen LogP contribution in [0.4, 0.5) is 0 Å². The van der Waals surface area contributed by atoms with Gasteiger partial charge in [-0.25, -0.2) is 0 Å². The summed E-state index contributed by atoms with van der Waals surface area (Å²) in [4.78, 5) is 9.88. The average Bonchev–Trinajstić information content (AvgIpc) is 2.01. The first kappa shape index (κ1) is 10.6. The molecule has 0 aromatic heterocycles. The van der Waals surface area contributed by atoms with Gasteiger partial charge in [-0.1, -0.05) is 0 Å². The number of unbranched alkanes of at least 4 members (excludes halogenated alkanes) is 1. The van der Waals surface area contributed by atoms with Crippen LogP contribution in [0.25, 0.3) is 0 Å². The normalized spacial score (nSPS) is 12.9. The van der Waals surface area contributed by atoms with Crippen molar-refractivity contribution in [1.29, 1.82) is 0 Å². The lowest BCUT2D eigenvalue weighted by molar-refractivity contribution is -0.108. The molecule has 0 radical (unpaired) electrons. The predicted molar refractivity (Wildman–Crippen MR) is 42.2 cm³/mol. The molecule has 0 fully saturated rings. The molecule has 3 heteroatoms. The second-order valence-corrected chi connectivity index (χ2v) is 2.62. The summed E-state index contributed by atoms with van der Waals surface area (Å²) in [6.07, 6.45) is 3.73. The van der Waals surface area contributed by atoms with E-state index < -0.39 is 0 Å². The van der Waals surface area contributed by atoms with Crippen LogP contribution in [0, 0.1) is 0 Å². The minimum absolute atomic E-state index is 0.130. The monoisotopic (exact) mass is 160 g/mol. The molecule has 0 aliphatic carbocycles. The van der Waals surface area contributed by atoms with Gasteiger partial charge in [-0.15, -0.1) is 0 Å².